The fraction of sp³-hybridized carbons (Fsp3) is 0.500. The molecule has 1 aromatic rings. The summed E-state index contributed by atoms with van der Waals surface area (Å²) >= 11 is 1.33. The van der Waals surface area contributed by atoms with E-state index in [9.17, 15) is 4.79 Å². The average Bonchev–Trinajstić information content (AvgIpc) is 2.73. The van der Waals surface area contributed by atoms with Crippen molar-refractivity contribution in [2.24, 2.45) is 0 Å². The van der Waals surface area contributed by atoms with Crippen molar-refractivity contribution in [3.05, 3.63) is 21.4 Å². The third-order valence-electron chi connectivity index (χ3n) is 2.26. The summed E-state index contributed by atoms with van der Waals surface area (Å²) in [5, 5.41) is 11.5. The third kappa shape index (κ3) is 5.43. The number of aliphatic hydroxyl groups is 1. The molecule has 0 aliphatic heterocycles. The predicted molar refractivity (Wildman–Crippen MR) is 76.4 cm³/mol. The molecule has 2 N–H and O–H groups in total. The zero-order chi connectivity index (χ0) is 14.3. The molecule has 0 saturated carbocycles. The molecule has 0 spiro atoms. The number of thiophene rings is 1. The van der Waals surface area contributed by atoms with Crippen LogP contribution in [0.4, 0.5) is 0 Å². The minimum absolute atomic E-state index is 0.113. The van der Waals surface area contributed by atoms with Crippen molar-refractivity contribution in [2.45, 2.75) is 26.9 Å². The number of rotatable bonds is 5. The van der Waals surface area contributed by atoms with Crippen LogP contribution in [-0.2, 0) is 4.74 Å². The van der Waals surface area contributed by atoms with Crippen molar-refractivity contribution in [1.29, 1.82) is 0 Å². The van der Waals surface area contributed by atoms with Gasteiger partial charge >= 0.3 is 0 Å². The van der Waals surface area contributed by atoms with E-state index in [0.29, 0.717) is 18.0 Å². The summed E-state index contributed by atoms with van der Waals surface area (Å²) in [6.07, 6.45) is 0.168. The van der Waals surface area contributed by atoms with Crippen LogP contribution >= 0.6 is 11.3 Å². The van der Waals surface area contributed by atoms with Gasteiger partial charge in [-0.2, -0.15) is 0 Å². The van der Waals surface area contributed by atoms with Gasteiger partial charge in [-0.15, -0.1) is 11.3 Å². The molecule has 0 radical (unpaired) electrons. The smallest absolute Gasteiger partial charge is 0.261 e. The van der Waals surface area contributed by atoms with Crippen molar-refractivity contribution >= 4 is 17.2 Å². The highest BCUT2D eigenvalue weighted by atomic mass is 32.1. The van der Waals surface area contributed by atoms with Crippen molar-refractivity contribution in [3.63, 3.8) is 0 Å². The molecule has 104 valence electrons. The molecule has 0 fully saturated rings. The van der Waals surface area contributed by atoms with E-state index in [-0.39, 0.29) is 18.6 Å². The van der Waals surface area contributed by atoms with E-state index in [1.807, 2.05) is 26.8 Å². The largest absolute Gasteiger partial charge is 0.384 e. The summed E-state index contributed by atoms with van der Waals surface area (Å²) in [5.41, 5.74) is 0.953. The lowest BCUT2D eigenvalue weighted by molar-refractivity contribution is 0.0748. The zero-order valence-electron chi connectivity index (χ0n) is 11.4. The van der Waals surface area contributed by atoms with Crippen LogP contribution in [0.15, 0.2) is 6.07 Å². The summed E-state index contributed by atoms with van der Waals surface area (Å²) in [6, 6.07) is 1.81. The predicted octanol–water partition coefficient (Wildman–Crippen LogP) is 1.56. The summed E-state index contributed by atoms with van der Waals surface area (Å²) < 4.78 is 5.35. The molecular formula is C14H19NO3S. The molecule has 0 saturated heterocycles. The molecule has 0 atom stereocenters. The van der Waals surface area contributed by atoms with Crippen LogP contribution in [-0.4, -0.2) is 36.9 Å². The first kappa shape index (κ1) is 15.7. The van der Waals surface area contributed by atoms with Gasteiger partial charge in [-0.1, -0.05) is 11.8 Å². The Morgan fingerprint density at radius 3 is 2.95 bits per heavy atom. The second kappa shape index (κ2) is 7.95. The lowest BCUT2D eigenvalue weighted by atomic mass is 10.2. The Labute approximate surface area is 117 Å². The lowest BCUT2D eigenvalue weighted by Crippen LogP contribution is -2.27. The van der Waals surface area contributed by atoms with Crippen molar-refractivity contribution in [3.8, 4) is 11.8 Å². The van der Waals surface area contributed by atoms with Crippen LogP contribution in [0, 0.1) is 18.8 Å². The van der Waals surface area contributed by atoms with E-state index in [0.717, 1.165) is 10.4 Å². The molecule has 0 aliphatic carbocycles. The van der Waals surface area contributed by atoms with E-state index in [4.69, 9.17) is 9.84 Å². The first-order valence-corrected chi connectivity index (χ1v) is 6.96. The Hall–Kier alpha value is -1.35. The van der Waals surface area contributed by atoms with Gasteiger partial charge in [0.15, 0.2) is 0 Å². The van der Waals surface area contributed by atoms with Gasteiger partial charge in [-0.3, -0.25) is 4.79 Å². The highest BCUT2D eigenvalue weighted by molar-refractivity contribution is 7.14. The Morgan fingerprint density at radius 2 is 2.32 bits per heavy atom. The van der Waals surface area contributed by atoms with Gasteiger partial charge in [-0.05, 0) is 32.4 Å². The maximum atomic E-state index is 11.9. The number of hydrogen-bond acceptors (Lipinski definition) is 4. The standard InChI is InChI=1S/C14H19NO3S/c1-10(2)18-8-6-15-14(17)13-9-11(3)12(19-13)5-4-7-16/h9-10,16H,6-8H2,1-3H3,(H,15,17). The Bertz CT molecular complexity index is 483. The molecule has 0 aromatic carbocycles. The van der Waals surface area contributed by atoms with E-state index >= 15 is 0 Å². The maximum absolute atomic E-state index is 11.9. The van der Waals surface area contributed by atoms with Crippen LogP contribution < -0.4 is 5.32 Å². The zero-order valence-corrected chi connectivity index (χ0v) is 12.3. The Balaban J connectivity index is 2.53. The molecule has 1 rings (SSSR count). The van der Waals surface area contributed by atoms with Gasteiger partial charge in [0.2, 0.25) is 0 Å². The van der Waals surface area contributed by atoms with Gasteiger partial charge in [0.05, 0.1) is 22.5 Å². The van der Waals surface area contributed by atoms with Gasteiger partial charge in [0.1, 0.15) is 6.61 Å². The number of hydrogen-bond donors (Lipinski definition) is 2. The van der Waals surface area contributed by atoms with Gasteiger partial charge in [0.25, 0.3) is 5.91 Å². The second-order valence-electron chi connectivity index (χ2n) is 4.26. The topological polar surface area (TPSA) is 58.6 Å². The monoisotopic (exact) mass is 281 g/mol. The maximum Gasteiger partial charge on any atom is 0.261 e. The van der Waals surface area contributed by atoms with E-state index in [1.54, 1.807) is 0 Å². The molecule has 0 bridgehead atoms. The minimum atomic E-state index is -0.175. The third-order valence-corrected chi connectivity index (χ3v) is 3.41. The van der Waals surface area contributed by atoms with E-state index < -0.39 is 0 Å². The van der Waals surface area contributed by atoms with Crippen molar-refractivity contribution in [1.82, 2.24) is 5.32 Å². The Morgan fingerprint density at radius 1 is 1.58 bits per heavy atom. The SMILES string of the molecule is Cc1cc(C(=O)NCCOC(C)C)sc1C#CCO. The molecule has 19 heavy (non-hydrogen) atoms. The highest BCUT2D eigenvalue weighted by Crippen LogP contribution is 2.20. The van der Waals surface area contributed by atoms with Gasteiger partial charge in [-0.25, -0.2) is 0 Å². The first-order chi connectivity index (χ1) is 9.04. The molecule has 5 heteroatoms. The Kier molecular flexibility index (Phi) is 6.57. The number of carbonyl (C=O) groups excluding carboxylic acids is 1. The number of ether oxygens (including phenoxy) is 1. The van der Waals surface area contributed by atoms with Gasteiger partial charge < -0.3 is 15.2 Å². The number of aryl methyl sites for hydroxylation is 1. The summed E-state index contributed by atoms with van der Waals surface area (Å²) in [6.45, 7) is 6.63. The lowest BCUT2D eigenvalue weighted by Gasteiger charge is -2.07. The molecule has 1 amide bonds. The van der Waals surface area contributed by atoms with E-state index in [2.05, 4.69) is 17.2 Å². The summed E-state index contributed by atoms with van der Waals surface area (Å²) in [5.74, 6) is 5.31. The normalized spacial score (nSPS) is 10.2. The summed E-state index contributed by atoms with van der Waals surface area (Å²) in [4.78, 5) is 13.3. The van der Waals surface area contributed by atoms with Crippen LogP contribution in [0.25, 0.3) is 0 Å². The minimum Gasteiger partial charge on any atom is -0.384 e. The molecule has 4 nitrogen and oxygen atoms in total. The van der Waals surface area contributed by atoms with Crippen LogP contribution in [0.3, 0.4) is 0 Å². The molecule has 0 aliphatic rings. The number of aliphatic hydroxyl groups excluding tert-OH is 1. The highest BCUT2D eigenvalue weighted by Gasteiger charge is 2.10. The van der Waals surface area contributed by atoms with Gasteiger partial charge in [0, 0.05) is 6.54 Å². The number of nitrogens with one attached hydrogen (secondary N) is 1. The molecule has 0 unspecified atom stereocenters. The average molecular weight is 281 g/mol. The quantitative estimate of drug-likeness (QED) is 0.636. The second-order valence-corrected chi connectivity index (χ2v) is 5.31. The van der Waals surface area contributed by atoms with Crippen LogP contribution in [0.5, 0.6) is 0 Å². The number of carbonyl (C=O) groups is 1. The van der Waals surface area contributed by atoms with Crippen LogP contribution in [0.1, 0.15) is 34.0 Å². The van der Waals surface area contributed by atoms with Crippen molar-refractivity contribution in [2.75, 3.05) is 19.8 Å². The fourth-order valence-electron chi connectivity index (χ4n) is 1.38. The number of amides is 1. The van der Waals surface area contributed by atoms with Crippen molar-refractivity contribution < 1.29 is 14.6 Å². The molecule has 1 heterocycles. The fourth-order valence-corrected chi connectivity index (χ4v) is 2.35. The molecular weight excluding hydrogens is 262 g/mol. The van der Waals surface area contributed by atoms with Crippen LogP contribution in [0.2, 0.25) is 0 Å². The molecule has 1 aromatic heterocycles. The van der Waals surface area contributed by atoms with E-state index in [1.165, 1.54) is 11.3 Å². The summed E-state index contributed by atoms with van der Waals surface area (Å²) in [7, 11) is 0. The first-order valence-electron chi connectivity index (χ1n) is 6.14.